The van der Waals surface area contributed by atoms with E-state index in [9.17, 15) is 4.79 Å². The lowest BCUT2D eigenvalue weighted by Crippen LogP contribution is -2.38. The Morgan fingerprint density at radius 1 is 0.960 bits per heavy atom. The van der Waals surface area contributed by atoms with Crippen LogP contribution in [0.2, 0.25) is 0 Å². The van der Waals surface area contributed by atoms with Crippen LogP contribution in [-0.2, 0) is 11.2 Å². The highest BCUT2D eigenvalue weighted by Gasteiger charge is 2.26. The van der Waals surface area contributed by atoms with Crippen LogP contribution in [0.1, 0.15) is 44.1 Å². The van der Waals surface area contributed by atoms with Gasteiger partial charge in [0.25, 0.3) is 0 Å². The molecule has 4 heteroatoms. The van der Waals surface area contributed by atoms with Crippen molar-refractivity contribution in [3.8, 4) is 0 Å². The highest BCUT2D eigenvalue weighted by Crippen LogP contribution is 2.28. The van der Waals surface area contributed by atoms with Crippen molar-refractivity contribution in [3.63, 3.8) is 0 Å². The van der Waals surface area contributed by atoms with Gasteiger partial charge in [-0.05, 0) is 50.4 Å². The summed E-state index contributed by atoms with van der Waals surface area (Å²) in [6.07, 6.45) is 8.52. The van der Waals surface area contributed by atoms with Gasteiger partial charge in [-0.3, -0.25) is 9.69 Å². The average molecular weight is 341 g/mol. The predicted molar refractivity (Wildman–Crippen MR) is 102 cm³/mol. The quantitative estimate of drug-likeness (QED) is 0.842. The highest BCUT2D eigenvalue weighted by molar-refractivity contribution is 5.95. The van der Waals surface area contributed by atoms with Crippen molar-refractivity contribution in [1.82, 2.24) is 9.80 Å². The molecule has 4 nitrogen and oxygen atoms in total. The first-order chi connectivity index (χ1) is 12.3. The normalized spacial score (nSPS) is 23.0. The third kappa shape index (κ3) is 3.90. The Kier molecular flexibility index (Phi) is 5.37. The van der Waals surface area contributed by atoms with Gasteiger partial charge in [0.15, 0.2) is 0 Å². The van der Waals surface area contributed by atoms with E-state index in [-0.39, 0.29) is 0 Å². The van der Waals surface area contributed by atoms with Crippen molar-refractivity contribution in [2.75, 3.05) is 44.2 Å². The molecule has 0 atom stereocenters. The van der Waals surface area contributed by atoms with Gasteiger partial charge >= 0.3 is 0 Å². The van der Waals surface area contributed by atoms with E-state index in [1.54, 1.807) is 0 Å². The summed E-state index contributed by atoms with van der Waals surface area (Å²) >= 11 is 0. The van der Waals surface area contributed by atoms with Crippen molar-refractivity contribution in [2.24, 2.45) is 0 Å². The van der Waals surface area contributed by atoms with Gasteiger partial charge in [-0.15, -0.1) is 0 Å². The van der Waals surface area contributed by atoms with E-state index in [4.69, 9.17) is 0 Å². The number of nitrogens with zero attached hydrogens (tertiary/aromatic N) is 3. The van der Waals surface area contributed by atoms with Crippen molar-refractivity contribution in [2.45, 2.75) is 51.0 Å². The maximum absolute atomic E-state index is 12.7. The fraction of sp³-hybridized carbons (Fsp3) is 0.667. The molecule has 3 aliphatic rings. The monoisotopic (exact) mass is 341 g/mol. The maximum Gasteiger partial charge on any atom is 0.228 e. The van der Waals surface area contributed by atoms with E-state index in [0.29, 0.717) is 12.3 Å². The van der Waals surface area contributed by atoms with Crippen molar-refractivity contribution < 1.29 is 4.79 Å². The second-order valence-electron chi connectivity index (χ2n) is 7.84. The number of rotatable bonds is 4. The summed E-state index contributed by atoms with van der Waals surface area (Å²) in [7, 11) is 0. The fourth-order valence-corrected chi connectivity index (χ4v) is 4.84. The average Bonchev–Trinajstić information content (AvgIpc) is 3.26. The number of amides is 1. The summed E-state index contributed by atoms with van der Waals surface area (Å²) in [6.45, 7) is 6.47. The standard InChI is InChI=1S/C21H31N3O/c25-21(24-15-10-18-6-1-4-9-20(18)24)11-14-22-12-5-13-23(17-16-22)19-7-2-3-8-19/h1,4,6,9,19H,2-3,5,7-8,10-17H2. The molecule has 2 fully saturated rings. The summed E-state index contributed by atoms with van der Waals surface area (Å²) in [5, 5.41) is 0. The molecule has 2 aliphatic heterocycles. The van der Waals surface area contributed by atoms with E-state index in [1.165, 1.54) is 50.8 Å². The van der Waals surface area contributed by atoms with Crippen LogP contribution in [0.25, 0.3) is 0 Å². The Labute approximate surface area is 151 Å². The molecule has 4 rings (SSSR count). The first-order valence-electron chi connectivity index (χ1n) is 10.2. The van der Waals surface area contributed by atoms with Gasteiger partial charge < -0.3 is 9.80 Å². The summed E-state index contributed by atoms with van der Waals surface area (Å²) in [5.74, 6) is 0.293. The molecule has 1 saturated heterocycles. The van der Waals surface area contributed by atoms with Crippen molar-refractivity contribution in [3.05, 3.63) is 29.8 Å². The molecule has 2 heterocycles. The van der Waals surface area contributed by atoms with E-state index in [2.05, 4.69) is 28.0 Å². The van der Waals surface area contributed by atoms with Crippen LogP contribution < -0.4 is 4.90 Å². The molecule has 1 aromatic carbocycles. The first-order valence-corrected chi connectivity index (χ1v) is 10.2. The van der Waals surface area contributed by atoms with Crippen LogP contribution in [0.5, 0.6) is 0 Å². The molecule has 1 saturated carbocycles. The molecule has 0 spiro atoms. The second-order valence-corrected chi connectivity index (χ2v) is 7.84. The third-order valence-electron chi connectivity index (χ3n) is 6.29. The van der Waals surface area contributed by atoms with Gasteiger partial charge in [0.05, 0.1) is 0 Å². The zero-order valence-corrected chi connectivity index (χ0v) is 15.3. The molecule has 25 heavy (non-hydrogen) atoms. The van der Waals surface area contributed by atoms with Gasteiger partial charge in [0.1, 0.15) is 0 Å². The second kappa shape index (κ2) is 7.88. The zero-order chi connectivity index (χ0) is 17.1. The molecule has 0 bridgehead atoms. The number of hydrogen-bond donors (Lipinski definition) is 0. The Hall–Kier alpha value is -1.39. The van der Waals surface area contributed by atoms with Gasteiger partial charge in [-0.2, -0.15) is 0 Å². The Morgan fingerprint density at radius 2 is 1.80 bits per heavy atom. The summed E-state index contributed by atoms with van der Waals surface area (Å²) < 4.78 is 0. The predicted octanol–water partition coefficient (Wildman–Crippen LogP) is 2.92. The van der Waals surface area contributed by atoms with Gasteiger partial charge in [0.2, 0.25) is 5.91 Å². The fourth-order valence-electron chi connectivity index (χ4n) is 4.84. The lowest BCUT2D eigenvalue weighted by Gasteiger charge is -2.27. The number of benzene rings is 1. The summed E-state index contributed by atoms with van der Waals surface area (Å²) in [5.41, 5.74) is 2.45. The van der Waals surface area contributed by atoms with Crippen LogP contribution in [0.4, 0.5) is 5.69 Å². The molecule has 0 N–H and O–H groups in total. The lowest BCUT2D eigenvalue weighted by molar-refractivity contribution is -0.118. The minimum Gasteiger partial charge on any atom is -0.312 e. The molecular weight excluding hydrogens is 310 g/mol. The van der Waals surface area contributed by atoms with Crippen LogP contribution in [0.3, 0.4) is 0 Å². The number of hydrogen-bond acceptors (Lipinski definition) is 3. The first kappa shape index (κ1) is 17.0. The Morgan fingerprint density at radius 3 is 2.68 bits per heavy atom. The van der Waals surface area contributed by atoms with Gasteiger partial charge in [-0.1, -0.05) is 31.0 Å². The minimum absolute atomic E-state index is 0.293. The molecule has 0 radical (unpaired) electrons. The molecule has 136 valence electrons. The number of para-hydroxylation sites is 1. The number of carbonyl (C=O) groups is 1. The van der Waals surface area contributed by atoms with Gasteiger partial charge in [0, 0.05) is 44.3 Å². The molecule has 1 aromatic rings. The molecule has 1 amide bonds. The lowest BCUT2D eigenvalue weighted by atomic mass is 10.2. The largest absolute Gasteiger partial charge is 0.312 e. The topological polar surface area (TPSA) is 26.8 Å². The van der Waals surface area contributed by atoms with Crippen LogP contribution in [0, 0.1) is 0 Å². The highest BCUT2D eigenvalue weighted by atomic mass is 16.2. The maximum atomic E-state index is 12.7. The van der Waals surface area contributed by atoms with Crippen LogP contribution in [0.15, 0.2) is 24.3 Å². The summed E-state index contributed by atoms with van der Waals surface area (Å²) in [4.78, 5) is 19.9. The van der Waals surface area contributed by atoms with Gasteiger partial charge in [-0.25, -0.2) is 0 Å². The van der Waals surface area contributed by atoms with E-state index in [1.807, 2.05) is 11.0 Å². The Bertz CT molecular complexity index is 597. The molecule has 1 aliphatic carbocycles. The number of anilines is 1. The molecule has 0 unspecified atom stereocenters. The molecule has 0 aromatic heterocycles. The summed E-state index contributed by atoms with van der Waals surface area (Å²) in [6, 6.07) is 9.18. The SMILES string of the molecule is O=C(CCN1CCCN(C2CCCC2)CC1)N1CCc2ccccc21. The van der Waals surface area contributed by atoms with Crippen LogP contribution in [-0.4, -0.2) is 61.0 Å². The third-order valence-corrected chi connectivity index (χ3v) is 6.29. The molecular formula is C21H31N3O. The van der Waals surface area contributed by atoms with Crippen molar-refractivity contribution >= 4 is 11.6 Å². The van der Waals surface area contributed by atoms with Crippen LogP contribution >= 0.6 is 0 Å². The van der Waals surface area contributed by atoms with E-state index >= 15 is 0 Å². The van der Waals surface area contributed by atoms with E-state index in [0.717, 1.165) is 44.3 Å². The minimum atomic E-state index is 0.293. The van der Waals surface area contributed by atoms with E-state index < -0.39 is 0 Å². The zero-order valence-electron chi connectivity index (χ0n) is 15.3. The Balaban J connectivity index is 1.26. The van der Waals surface area contributed by atoms with Crippen molar-refractivity contribution in [1.29, 1.82) is 0 Å². The number of carbonyl (C=O) groups excluding carboxylic acids is 1. The number of fused-ring (bicyclic) bond motifs is 1. The smallest absolute Gasteiger partial charge is 0.228 e.